The van der Waals surface area contributed by atoms with Crippen molar-refractivity contribution >= 4 is 22.0 Å². The van der Waals surface area contributed by atoms with Crippen LogP contribution < -0.4 is 5.32 Å². The molecule has 5 heteroatoms. The first-order valence-corrected chi connectivity index (χ1v) is 7.83. The topological polar surface area (TPSA) is 38.3 Å². The van der Waals surface area contributed by atoms with Gasteiger partial charge in [0.1, 0.15) is 12.4 Å². The van der Waals surface area contributed by atoms with Crippen molar-refractivity contribution in [3.8, 4) is 0 Å². The van der Waals surface area contributed by atoms with Crippen molar-refractivity contribution in [2.45, 2.75) is 25.0 Å². The van der Waals surface area contributed by atoms with Crippen LogP contribution in [0.15, 0.2) is 53.0 Å². The normalized spacial score (nSPS) is 15.2. The molecule has 1 fully saturated rings. The van der Waals surface area contributed by atoms with E-state index in [-0.39, 0.29) is 12.4 Å². The van der Waals surface area contributed by atoms with E-state index in [2.05, 4.69) is 21.2 Å². The van der Waals surface area contributed by atoms with Crippen molar-refractivity contribution in [1.82, 2.24) is 5.32 Å². The van der Waals surface area contributed by atoms with Gasteiger partial charge in [-0.15, -0.1) is 0 Å². The van der Waals surface area contributed by atoms with Gasteiger partial charge in [0, 0.05) is 4.47 Å². The Bertz CT molecular complexity index is 686. The van der Waals surface area contributed by atoms with E-state index in [1.165, 1.54) is 12.1 Å². The summed E-state index contributed by atoms with van der Waals surface area (Å²) in [5.74, 6) is -0.307. The third kappa shape index (κ3) is 3.30. The van der Waals surface area contributed by atoms with Gasteiger partial charge in [-0.05, 0) is 36.1 Å². The number of carbonyl (C=O) groups excluding carboxylic acids is 1. The number of benzene rings is 2. The number of nitrogens with one attached hydrogen (secondary N) is 1. The van der Waals surface area contributed by atoms with E-state index in [0.717, 1.165) is 24.0 Å². The smallest absolute Gasteiger partial charge is 0.408 e. The Morgan fingerprint density at radius 3 is 2.59 bits per heavy atom. The lowest BCUT2D eigenvalue weighted by molar-refractivity contribution is 0.134. The van der Waals surface area contributed by atoms with Crippen LogP contribution in [0.2, 0.25) is 0 Å². The molecule has 22 heavy (non-hydrogen) atoms. The lowest BCUT2D eigenvalue weighted by Gasteiger charge is -2.19. The summed E-state index contributed by atoms with van der Waals surface area (Å²) in [6.07, 6.45) is 1.17. The lowest BCUT2D eigenvalue weighted by atomic mass is 10.1. The summed E-state index contributed by atoms with van der Waals surface area (Å²) >= 11 is 3.36. The van der Waals surface area contributed by atoms with Crippen LogP contribution in [0, 0.1) is 5.82 Å². The largest absolute Gasteiger partial charge is 0.445 e. The maximum Gasteiger partial charge on any atom is 0.408 e. The molecule has 1 aliphatic rings. The van der Waals surface area contributed by atoms with E-state index in [1.807, 2.05) is 30.3 Å². The van der Waals surface area contributed by atoms with Crippen LogP contribution in [0.1, 0.15) is 24.0 Å². The quantitative estimate of drug-likeness (QED) is 0.867. The third-order valence-corrected chi connectivity index (χ3v) is 4.41. The predicted octanol–water partition coefficient (Wildman–Crippen LogP) is 4.50. The second-order valence-corrected chi connectivity index (χ2v) is 6.25. The summed E-state index contributed by atoms with van der Waals surface area (Å²) in [6.45, 7) is 0.230. The number of carbonyl (C=O) groups is 1. The molecule has 2 aromatic rings. The van der Waals surface area contributed by atoms with Gasteiger partial charge in [-0.25, -0.2) is 9.18 Å². The Kier molecular flexibility index (Phi) is 4.16. The number of ether oxygens (including phenoxy) is 1. The Balaban J connectivity index is 1.63. The molecule has 114 valence electrons. The van der Waals surface area contributed by atoms with Gasteiger partial charge in [0.05, 0.1) is 5.54 Å². The molecule has 3 rings (SSSR count). The van der Waals surface area contributed by atoms with Gasteiger partial charge in [-0.2, -0.15) is 0 Å². The molecule has 2 aromatic carbocycles. The molecule has 1 aliphatic carbocycles. The van der Waals surface area contributed by atoms with Crippen LogP contribution in [0.4, 0.5) is 9.18 Å². The molecule has 1 amide bonds. The molecule has 3 nitrogen and oxygen atoms in total. The number of halogens is 2. The van der Waals surface area contributed by atoms with Gasteiger partial charge in [0.15, 0.2) is 0 Å². The Labute approximate surface area is 136 Å². The highest BCUT2D eigenvalue weighted by Gasteiger charge is 2.47. The summed E-state index contributed by atoms with van der Waals surface area (Å²) in [7, 11) is 0. The number of hydrogen-bond donors (Lipinski definition) is 1. The fourth-order valence-corrected chi connectivity index (χ4v) is 3.15. The van der Waals surface area contributed by atoms with Crippen molar-refractivity contribution in [1.29, 1.82) is 0 Å². The first-order valence-electron chi connectivity index (χ1n) is 7.03. The van der Waals surface area contributed by atoms with Crippen molar-refractivity contribution in [2.24, 2.45) is 0 Å². The molecule has 0 bridgehead atoms. The second kappa shape index (κ2) is 6.08. The van der Waals surface area contributed by atoms with Crippen LogP contribution in [0.3, 0.4) is 0 Å². The number of alkyl carbamates (subject to hydrolysis) is 1. The molecular formula is C17H15BrFNO2. The van der Waals surface area contributed by atoms with Gasteiger partial charge in [-0.3, -0.25) is 0 Å². The van der Waals surface area contributed by atoms with Crippen LogP contribution in [-0.2, 0) is 16.9 Å². The maximum absolute atomic E-state index is 13.2. The summed E-state index contributed by atoms with van der Waals surface area (Å²) < 4.78 is 19.1. The first kappa shape index (κ1) is 15.0. The fraction of sp³-hybridized carbons (Fsp3) is 0.235. The van der Waals surface area contributed by atoms with E-state index in [9.17, 15) is 9.18 Å². The molecule has 0 radical (unpaired) electrons. The number of rotatable bonds is 4. The molecule has 1 saturated carbocycles. The highest BCUT2D eigenvalue weighted by Crippen LogP contribution is 2.48. The van der Waals surface area contributed by atoms with E-state index < -0.39 is 11.6 Å². The van der Waals surface area contributed by atoms with E-state index >= 15 is 0 Å². The maximum atomic E-state index is 13.2. The van der Waals surface area contributed by atoms with Gasteiger partial charge in [-0.1, -0.05) is 52.3 Å². The minimum atomic E-state index is -0.461. The minimum Gasteiger partial charge on any atom is -0.445 e. The average Bonchev–Trinajstić information content (AvgIpc) is 3.26. The van der Waals surface area contributed by atoms with Gasteiger partial charge < -0.3 is 10.1 Å². The van der Waals surface area contributed by atoms with Crippen molar-refractivity contribution in [3.05, 3.63) is 69.9 Å². The van der Waals surface area contributed by atoms with Crippen molar-refractivity contribution in [2.75, 3.05) is 0 Å². The van der Waals surface area contributed by atoms with Gasteiger partial charge in [0.25, 0.3) is 0 Å². The lowest BCUT2D eigenvalue weighted by Crippen LogP contribution is -2.35. The molecular weight excluding hydrogens is 349 g/mol. The molecule has 0 unspecified atom stereocenters. The summed E-state index contributed by atoms with van der Waals surface area (Å²) in [4.78, 5) is 12.0. The average molecular weight is 364 g/mol. The summed E-state index contributed by atoms with van der Waals surface area (Å²) in [5.41, 5.74) is 1.37. The number of hydrogen-bond acceptors (Lipinski definition) is 2. The van der Waals surface area contributed by atoms with E-state index in [4.69, 9.17) is 4.74 Å². The predicted molar refractivity (Wildman–Crippen MR) is 84.8 cm³/mol. The number of amides is 1. The highest BCUT2D eigenvalue weighted by molar-refractivity contribution is 9.10. The summed E-state index contributed by atoms with van der Waals surface area (Å²) in [6, 6.07) is 14.0. The molecule has 0 spiro atoms. The monoisotopic (exact) mass is 363 g/mol. The van der Waals surface area contributed by atoms with Crippen LogP contribution in [-0.4, -0.2) is 6.09 Å². The molecule has 0 aliphatic heterocycles. The molecule has 0 atom stereocenters. The molecule has 0 saturated heterocycles. The van der Waals surface area contributed by atoms with Crippen LogP contribution in [0.25, 0.3) is 0 Å². The van der Waals surface area contributed by atoms with Crippen molar-refractivity contribution in [3.63, 3.8) is 0 Å². The molecule has 0 aromatic heterocycles. The van der Waals surface area contributed by atoms with Crippen LogP contribution >= 0.6 is 15.9 Å². The Morgan fingerprint density at radius 1 is 1.23 bits per heavy atom. The highest BCUT2D eigenvalue weighted by atomic mass is 79.9. The third-order valence-electron chi connectivity index (χ3n) is 3.75. The van der Waals surface area contributed by atoms with E-state index in [0.29, 0.717) is 4.47 Å². The first-order chi connectivity index (χ1) is 10.6. The zero-order valence-electron chi connectivity index (χ0n) is 11.8. The molecule has 1 N–H and O–H groups in total. The SMILES string of the molecule is O=C(NC1(c2ccc(F)cc2Br)CC1)OCc1ccccc1. The minimum absolute atomic E-state index is 0.230. The summed E-state index contributed by atoms with van der Waals surface area (Å²) in [5, 5.41) is 2.90. The van der Waals surface area contributed by atoms with Crippen molar-refractivity contribution < 1.29 is 13.9 Å². The zero-order chi connectivity index (χ0) is 15.6. The molecule has 0 heterocycles. The van der Waals surface area contributed by atoms with Gasteiger partial charge in [0.2, 0.25) is 0 Å². The second-order valence-electron chi connectivity index (χ2n) is 5.39. The van der Waals surface area contributed by atoms with E-state index in [1.54, 1.807) is 6.07 Å². The standard InChI is InChI=1S/C17H15BrFNO2/c18-15-10-13(19)6-7-14(15)17(8-9-17)20-16(21)22-11-12-4-2-1-3-5-12/h1-7,10H,8-9,11H2,(H,20,21). The van der Waals surface area contributed by atoms with Gasteiger partial charge >= 0.3 is 6.09 Å². The zero-order valence-corrected chi connectivity index (χ0v) is 13.4. The Hall–Kier alpha value is -1.88. The van der Waals surface area contributed by atoms with Crippen LogP contribution in [0.5, 0.6) is 0 Å². The fourth-order valence-electron chi connectivity index (χ4n) is 2.42. The Morgan fingerprint density at radius 2 is 1.95 bits per heavy atom.